The zero-order valence-electron chi connectivity index (χ0n) is 16.0. The van der Waals surface area contributed by atoms with Crippen LogP contribution in [0.3, 0.4) is 0 Å². The van der Waals surface area contributed by atoms with Crippen LogP contribution in [0.4, 0.5) is 17.5 Å². The zero-order valence-corrected chi connectivity index (χ0v) is 16.0. The van der Waals surface area contributed by atoms with E-state index in [-0.39, 0.29) is 0 Å². The molecule has 1 fully saturated rings. The fourth-order valence-corrected chi connectivity index (χ4v) is 3.14. The van der Waals surface area contributed by atoms with Crippen molar-refractivity contribution in [3.8, 4) is 11.5 Å². The molecule has 3 N–H and O–H groups in total. The minimum atomic E-state index is -0.625. The first-order valence-electron chi connectivity index (χ1n) is 9.15. The number of benzene rings is 1. The molecule has 0 saturated carbocycles. The molecular weight excluding hydrogens is 346 g/mol. The van der Waals surface area contributed by atoms with Gasteiger partial charge in [-0.3, -0.25) is 4.90 Å². The van der Waals surface area contributed by atoms with Crippen molar-refractivity contribution in [2.45, 2.75) is 32.1 Å². The van der Waals surface area contributed by atoms with E-state index >= 15 is 0 Å². The maximum atomic E-state index is 10.2. The first-order valence-corrected chi connectivity index (χ1v) is 9.15. The van der Waals surface area contributed by atoms with Gasteiger partial charge in [-0.25, -0.2) is 4.98 Å². The molecule has 0 aliphatic carbocycles. The normalized spacial score (nSPS) is 16.6. The van der Waals surface area contributed by atoms with E-state index in [1.54, 1.807) is 33.3 Å². The van der Waals surface area contributed by atoms with Gasteiger partial charge in [0, 0.05) is 38.1 Å². The highest BCUT2D eigenvalue weighted by atomic mass is 16.5. The summed E-state index contributed by atoms with van der Waals surface area (Å²) < 4.78 is 11.6. The van der Waals surface area contributed by atoms with Crippen LogP contribution in [0.15, 0.2) is 30.5 Å². The highest BCUT2D eigenvalue weighted by Gasteiger charge is 2.28. The van der Waals surface area contributed by atoms with Crippen molar-refractivity contribution in [2.75, 3.05) is 37.9 Å². The Morgan fingerprint density at radius 3 is 2.63 bits per heavy atom. The van der Waals surface area contributed by atoms with Gasteiger partial charge in [0.2, 0.25) is 5.95 Å². The van der Waals surface area contributed by atoms with E-state index in [1.165, 1.54) is 0 Å². The molecule has 1 aromatic heterocycles. The lowest BCUT2D eigenvalue weighted by Crippen LogP contribution is -2.45. The lowest BCUT2D eigenvalue weighted by molar-refractivity contribution is -0.0486. The molecule has 1 aliphatic rings. The smallest absolute Gasteiger partial charge is 0.229 e. The van der Waals surface area contributed by atoms with Gasteiger partial charge in [0.05, 0.1) is 7.11 Å². The Kier molecular flexibility index (Phi) is 6.31. The van der Waals surface area contributed by atoms with Gasteiger partial charge < -0.3 is 25.2 Å². The third-order valence-corrected chi connectivity index (χ3v) is 4.49. The first-order chi connectivity index (χ1) is 13.1. The molecule has 146 valence electrons. The molecule has 2 aromatic rings. The van der Waals surface area contributed by atoms with Crippen molar-refractivity contribution < 1.29 is 14.6 Å². The first kappa shape index (κ1) is 19.2. The summed E-state index contributed by atoms with van der Waals surface area (Å²) in [7, 11) is 3.40. The van der Waals surface area contributed by atoms with Gasteiger partial charge in [0.25, 0.3) is 0 Å². The number of ether oxygens (including phenoxy) is 2. The quantitative estimate of drug-likeness (QED) is 0.650. The molecule has 0 amide bonds. The number of rotatable bonds is 8. The summed E-state index contributed by atoms with van der Waals surface area (Å²) in [6, 6.07) is 7.31. The Balaban J connectivity index is 1.81. The molecule has 2 atom stereocenters. The third-order valence-electron chi connectivity index (χ3n) is 4.49. The van der Waals surface area contributed by atoms with Gasteiger partial charge in [-0.15, -0.1) is 0 Å². The van der Waals surface area contributed by atoms with Crippen LogP contribution < -0.4 is 20.1 Å². The maximum absolute atomic E-state index is 10.2. The molecule has 1 saturated heterocycles. The number of anilines is 3. The monoisotopic (exact) mass is 373 g/mol. The fourth-order valence-electron chi connectivity index (χ4n) is 3.14. The number of aliphatic hydroxyl groups is 1. The van der Waals surface area contributed by atoms with Crippen molar-refractivity contribution in [2.24, 2.45) is 0 Å². The fraction of sp³-hybridized carbons (Fsp3) is 0.474. The Morgan fingerprint density at radius 2 is 1.96 bits per heavy atom. The Labute approximate surface area is 159 Å². The Hall–Kier alpha value is -2.58. The predicted molar refractivity (Wildman–Crippen MR) is 105 cm³/mol. The minimum Gasteiger partial charge on any atom is -0.493 e. The van der Waals surface area contributed by atoms with Crippen LogP contribution in [-0.2, 0) is 0 Å². The maximum Gasteiger partial charge on any atom is 0.229 e. The minimum absolute atomic E-state index is 0.416. The van der Waals surface area contributed by atoms with Crippen LogP contribution in [0.2, 0.25) is 0 Å². The number of nitrogens with one attached hydrogen (secondary N) is 2. The number of methoxy groups -OCH3 is 1. The van der Waals surface area contributed by atoms with E-state index < -0.39 is 12.3 Å². The highest BCUT2D eigenvalue weighted by Crippen LogP contribution is 2.33. The summed E-state index contributed by atoms with van der Waals surface area (Å²) in [6.45, 7) is 3.58. The van der Waals surface area contributed by atoms with Gasteiger partial charge in [-0.2, -0.15) is 4.98 Å². The van der Waals surface area contributed by atoms with Crippen molar-refractivity contribution in [1.82, 2.24) is 14.9 Å². The number of aromatic nitrogens is 2. The lowest BCUT2D eigenvalue weighted by Gasteiger charge is -2.30. The SMILES string of the molecule is CNc1ccnc(Nc2ccc(OC)c(OC(C(C)O)N3CCCC3)c2)n1. The van der Waals surface area contributed by atoms with E-state index in [0.29, 0.717) is 17.4 Å². The van der Waals surface area contributed by atoms with Gasteiger partial charge in [0.1, 0.15) is 11.9 Å². The van der Waals surface area contributed by atoms with Crippen LogP contribution in [0.1, 0.15) is 19.8 Å². The van der Waals surface area contributed by atoms with Crippen LogP contribution in [0.5, 0.6) is 11.5 Å². The topological polar surface area (TPSA) is 91.8 Å². The molecule has 0 spiro atoms. The molecule has 0 radical (unpaired) electrons. The summed E-state index contributed by atoms with van der Waals surface area (Å²) in [4.78, 5) is 10.7. The number of likely N-dealkylation sites (tertiary alicyclic amines) is 1. The van der Waals surface area contributed by atoms with Crippen LogP contribution >= 0.6 is 0 Å². The van der Waals surface area contributed by atoms with E-state index in [2.05, 4.69) is 25.5 Å². The molecule has 8 nitrogen and oxygen atoms in total. The number of hydrogen-bond donors (Lipinski definition) is 3. The highest BCUT2D eigenvalue weighted by molar-refractivity contribution is 5.60. The van der Waals surface area contributed by atoms with E-state index in [0.717, 1.165) is 37.4 Å². The van der Waals surface area contributed by atoms with Crippen LogP contribution in [0, 0.1) is 0 Å². The van der Waals surface area contributed by atoms with E-state index in [1.807, 2.05) is 18.2 Å². The molecule has 1 aromatic carbocycles. The van der Waals surface area contributed by atoms with Crippen LogP contribution in [0.25, 0.3) is 0 Å². The van der Waals surface area contributed by atoms with Gasteiger partial charge in [-0.05, 0) is 38.0 Å². The third kappa shape index (κ3) is 4.78. The molecule has 8 heteroatoms. The molecule has 3 rings (SSSR count). The van der Waals surface area contributed by atoms with Gasteiger partial charge in [-0.1, -0.05) is 0 Å². The zero-order chi connectivity index (χ0) is 19.2. The largest absolute Gasteiger partial charge is 0.493 e. The molecule has 0 bridgehead atoms. The second-order valence-corrected chi connectivity index (χ2v) is 6.50. The molecule has 2 heterocycles. The molecule has 27 heavy (non-hydrogen) atoms. The standard InChI is InChI=1S/C19H27N5O3/c1-13(25)18(24-10-4-5-11-24)27-16-12-14(6-7-15(16)26-3)22-19-21-9-8-17(20-2)23-19/h6-9,12-13,18,25H,4-5,10-11H2,1-3H3,(H2,20,21,22,23). The number of hydrogen-bond acceptors (Lipinski definition) is 8. The lowest BCUT2D eigenvalue weighted by atomic mass is 10.2. The molecule has 2 unspecified atom stereocenters. The molecule has 1 aliphatic heterocycles. The number of aliphatic hydroxyl groups excluding tert-OH is 1. The van der Waals surface area contributed by atoms with E-state index in [4.69, 9.17) is 9.47 Å². The summed E-state index contributed by atoms with van der Waals surface area (Å²) in [6.07, 6.45) is 2.87. The summed E-state index contributed by atoms with van der Waals surface area (Å²) in [5, 5.41) is 16.4. The van der Waals surface area contributed by atoms with Crippen molar-refractivity contribution >= 4 is 17.5 Å². The van der Waals surface area contributed by atoms with Crippen LogP contribution in [-0.4, -0.2) is 59.6 Å². The average Bonchev–Trinajstić information content (AvgIpc) is 3.20. The summed E-state index contributed by atoms with van der Waals surface area (Å²) in [5.74, 6) is 2.37. The number of nitrogens with zero attached hydrogens (tertiary/aromatic N) is 3. The van der Waals surface area contributed by atoms with Crippen molar-refractivity contribution in [1.29, 1.82) is 0 Å². The van der Waals surface area contributed by atoms with E-state index in [9.17, 15) is 5.11 Å². The Bertz CT molecular complexity index is 750. The summed E-state index contributed by atoms with van der Waals surface area (Å²) in [5.41, 5.74) is 0.768. The summed E-state index contributed by atoms with van der Waals surface area (Å²) >= 11 is 0. The van der Waals surface area contributed by atoms with Crippen molar-refractivity contribution in [3.05, 3.63) is 30.5 Å². The van der Waals surface area contributed by atoms with Crippen molar-refractivity contribution in [3.63, 3.8) is 0 Å². The predicted octanol–water partition coefficient (Wildman–Crippen LogP) is 2.45. The van der Waals surface area contributed by atoms with Gasteiger partial charge in [0.15, 0.2) is 17.7 Å². The second-order valence-electron chi connectivity index (χ2n) is 6.50. The second kappa shape index (κ2) is 8.88. The average molecular weight is 373 g/mol. The van der Waals surface area contributed by atoms with Gasteiger partial charge >= 0.3 is 0 Å². The Morgan fingerprint density at radius 1 is 1.19 bits per heavy atom. The molecular formula is C19H27N5O3.